The monoisotopic (exact) mass is 289 g/mol. The molecule has 1 fully saturated rings. The van der Waals surface area contributed by atoms with E-state index in [-0.39, 0.29) is 5.91 Å². The first-order valence-corrected chi connectivity index (χ1v) is 7.90. The average molecular weight is 289 g/mol. The standard InChI is InChI=1S/C17H27N3O/c1-13(2)19-12-15-3-5-16(6-4-15)20-9-7-14(8-10-20)11-17(18)21/h3-6,13-14,19H,7-12H2,1-2H3,(H2,18,21). The quantitative estimate of drug-likeness (QED) is 0.844. The van der Waals surface area contributed by atoms with E-state index in [0.29, 0.717) is 18.4 Å². The van der Waals surface area contributed by atoms with Crippen LogP contribution < -0.4 is 16.0 Å². The normalized spacial score (nSPS) is 16.4. The fraction of sp³-hybridized carbons (Fsp3) is 0.588. The van der Waals surface area contributed by atoms with Crippen molar-refractivity contribution in [1.29, 1.82) is 0 Å². The van der Waals surface area contributed by atoms with Crippen LogP contribution in [0.25, 0.3) is 0 Å². The van der Waals surface area contributed by atoms with E-state index in [4.69, 9.17) is 5.73 Å². The van der Waals surface area contributed by atoms with Gasteiger partial charge in [-0.25, -0.2) is 0 Å². The lowest BCUT2D eigenvalue weighted by atomic mass is 9.93. The van der Waals surface area contributed by atoms with Gasteiger partial charge in [0, 0.05) is 37.8 Å². The number of anilines is 1. The van der Waals surface area contributed by atoms with E-state index in [1.165, 1.54) is 11.3 Å². The highest BCUT2D eigenvalue weighted by atomic mass is 16.1. The Hall–Kier alpha value is -1.55. The van der Waals surface area contributed by atoms with Gasteiger partial charge >= 0.3 is 0 Å². The lowest BCUT2D eigenvalue weighted by molar-refractivity contribution is -0.119. The molecule has 0 aliphatic carbocycles. The van der Waals surface area contributed by atoms with Crippen LogP contribution in [-0.4, -0.2) is 25.0 Å². The minimum Gasteiger partial charge on any atom is -0.372 e. The first-order chi connectivity index (χ1) is 10.0. The number of hydrogen-bond acceptors (Lipinski definition) is 3. The summed E-state index contributed by atoms with van der Waals surface area (Å²) in [5, 5.41) is 3.43. The highest BCUT2D eigenvalue weighted by Gasteiger charge is 2.20. The minimum atomic E-state index is -0.171. The van der Waals surface area contributed by atoms with Crippen molar-refractivity contribution in [3.63, 3.8) is 0 Å². The van der Waals surface area contributed by atoms with E-state index in [0.717, 1.165) is 32.5 Å². The van der Waals surface area contributed by atoms with Crippen molar-refractivity contribution >= 4 is 11.6 Å². The zero-order valence-corrected chi connectivity index (χ0v) is 13.1. The van der Waals surface area contributed by atoms with Gasteiger partial charge < -0.3 is 16.0 Å². The fourth-order valence-corrected chi connectivity index (χ4v) is 2.83. The summed E-state index contributed by atoms with van der Waals surface area (Å²) in [6.07, 6.45) is 2.65. The molecule has 1 aliphatic heterocycles. The van der Waals surface area contributed by atoms with Gasteiger partial charge in [0.2, 0.25) is 5.91 Å². The Morgan fingerprint density at radius 3 is 2.43 bits per heavy atom. The van der Waals surface area contributed by atoms with Crippen molar-refractivity contribution < 1.29 is 4.79 Å². The Bertz CT molecular complexity index is 448. The molecule has 1 aromatic rings. The van der Waals surface area contributed by atoms with Crippen molar-refractivity contribution in [1.82, 2.24) is 5.32 Å². The zero-order chi connectivity index (χ0) is 15.2. The summed E-state index contributed by atoms with van der Waals surface area (Å²) in [6.45, 7) is 7.26. The molecule has 1 saturated heterocycles. The maximum Gasteiger partial charge on any atom is 0.217 e. The molecule has 1 aliphatic rings. The summed E-state index contributed by atoms with van der Waals surface area (Å²) in [5.74, 6) is 0.295. The van der Waals surface area contributed by atoms with Gasteiger partial charge in [-0.2, -0.15) is 0 Å². The maximum atomic E-state index is 11.0. The Balaban J connectivity index is 1.84. The van der Waals surface area contributed by atoms with E-state index < -0.39 is 0 Å². The van der Waals surface area contributed by atoms with Gasteiger partial charge in [0.15, 0.2) is 0 Å². The maximum absolute atomic E-state index is 11.0. The lowest BCUT2D eigenvalue weighted by Crippen LogP contribution is -2.35. The predicted molar refractivity (Wildman–Crippen MR) is 87.2 cm³/mol. The van der Waals surface area contributed by atoms with Gasteiger partial charge in [-0.15, -0.1) is 0 Å². The predicted octanol–water partition coefficient (Wildman–Crippen LogP) is 2.28. The third kappa shape index (κ3) is 5.05. The number of piperidine rings is 1. The third-order valence-electron chi connectivity index (χ3n) is 4.12. The van der Waals surface area contributed by atoms with Crippen LogP contribution in [0.5, 0.6) is 0 Å². The molecule has 2 rings (SSSR count). The highest BCUT2D eigenvalue weighted by Crippen LogP contribution is 2.25. The van der Waals surface area contributed by atoms with Gasteiger partial charge in [0.25, 0.3) is 0 Å². The summed E-state index contributed by atoms with van der Waals surface area (Å²) in [6, 6.07) is 9.30. The number of carbonyl (C=O) groups is 1. The molecule has 4 heteroatoms. The van der Waals surface area contributed by atoms with Crippen LogP contribution in [0.2, 0.25) is 0 Å². The highest BCUT2D eigenvalue weighted by molar-refractivity contribution is 5.74. The van der Waals surface area contributed by atoms with Crippen LogP contribution in [0, 0.1) is 5.92 Å². The van der Waals surface area contributed by atoms with E-state index in [1.807, 2.05) is 0 Å². The lowest BCUT2D eigenvalue weighted by Gasteiger charge is -2.33. The van der Waals surface area contributed by atoms with Gasteiger partial charge in [-0.3, -0.25) is 4.79 Å². The fourth-order valence-electron chi connectivity index (χ4n) is 2.83. The molecule has 116 valence electrons. The number of primary amides is 1. The number of nitrogens with one attached hydrogen (secondary N) is 1. The molecule has 1 aromatic carbocycles. The van der Waals surface area contributed by atoms with Crippen molar-refractivity contribution in [2.24, 2.45) is 11.7 Å². The Labute approximate surface area is 127 Å². The molecule has 1 heterocycles. The van der Waals surface area contributed by atoms with Gasteiger partial charge in [0.1, 0.15) is 0 Å². The number of amides is 1. The smallest absolute Gasteiger partial charge is 0.217 e. The molecule has 0 unspecified atom stereocenters. The molecule has 0 radical (unpaired) electrons. The average Bonchev–Trinajstić information content (AvgIpc) is 2.46. The van der Waals surface area contributed by atoms with Gasteiger partial charge in [-0.1, -0.05) is 26.0 Å². The number of nitrogens with zero attached hydrogens (tertiary/aromatic N) is 1. The van der Waals surface area contributed by atoms with Crippen molar-refractivity contribution in [2.45, 2.75) is 45.7 Å². The van der Waals surface area contributed by atoms with Crippen molar-refractivity contribution in [3.8, 4) is 0 Å². The van der Waals surface area contributed by atoms with Gasteiger partial charge in [0.05, 0.1) is 0 Å². The first-order valence-electron chi connectivity index (χ1n) is 7.90. The van der Waals surface area contributed by atoms with E-state index in [9.17, 15) is 4.79 Å². The van der Waals surface area contributed by atoms with Crippen molar-refractivity contribution in [2.75, 3.05) is 18.0 Å². The molecule has 1 amide bonds. The molecule has 0 bridgehead atoms. The summed E-state index contributed by atoms with van der Waals surface area (Å²) >= 11 is 0. The Kier molecular flexibility index (Phi) is 5.62. The third-order valence-corrected chi connectivity index (χ3v) is 4.12. The van der Waals surface area contributed by atoms with Crippen LogP contribution in [0.4, 0.5) is 5.69 Å². The largest absolute Gasteiger partial charge is 0.372 e. The van der Waals surface area contributed by atoms with E-state index in [1.54, 1.807) is 0 Å². The number of benzene rings is 1. The zero-order valence-electron chi connectivity index (χ0n) is 13.1. The molecule has 21 heavy (non-hydrogen) atoms. The number of rotatable bonds is 6. The number of nitrogens with two attached hydrogens (primary N) is 1. The summed E-state index contributed by atoms with van der Waals surface area (Å²) in [7, 11) is 0. The molecular weight excluding hydrogens is 262 g/mol. The second kappa shape index (κ2) is 7.46. The van der Waals surface area contributed by atoms with Crippen LogP contribution in [-0.2, 0) is 11.3 Å². The first kappa shape index (κ1) is 15.8. The van der Waals surface area contributed by atoms with E-state index in [2.05, 4.69) is 48.3 Å². The molecule has 3 N–H and O–H groups in total. The van der Waals surface area contributed by atoms with Crippen LogP contribution in [0.1, 0.15) is 38.7 Å². The summed E-state index contributed by atoms with van der Waals surface area (Å²) < 4.78 is 0. The Morgan fingerprint density at radius 2 is 1.90 bits per heavy atom. The van der Waals surface area contributed by atoms with Crippen LogP contribution in [0.3, 0.4) is 0 Å². The molecule has 4 nitrogen and oxygen atoms in total. The Morgan fingerprint density at radius 1 is 1.29 bits per heavy atom. The second-order valence-corrected chi connectivity index (χ2v) is 6.30. The number of hydrogen-bond donors (Lipinski definition) is 2. The summed E-state index contributed by atoms with van der Waals surface area (Å²) in [4.78, 5) is 13.4. The second-order valence-electron chi connectivity index (χ2n) is 6.30. The SMILES string of the molecule is CC(C)NCc1ccc(N2CCC(CC(N)=O)CC2)cc1. The van der Waals surface area contributed by atoms with E-state index >= 15 is 0 Å². The summed E-state index contributed by atoms with van der Waals surface area (Å²) in [5.41, 5.74) is 7.87. The van der Waals surface area contributed by atoms with Crippen LogP contribution >= 0.6 is 0 Å². The molecule has 0 aromatic heterocycles. The number of carbonyl (C=O) groups excluding carboxylic acids is 1. The molecule has 0 saturated carbocycles. The topological polar surface area (TPSA) is 58.4 Å². The molecular formula is C17H27N3O. The minimum absolute atomic E-state index is 0.171. The van der Waals surface area contributed by atoms with Crippen molar-refractivity contribution in [3.05, 3.63) is 29.8 Å². The van der Waals surface area contributed by atoms with Crippen LogP contribution in [0.15, 0.2) is 24.3 Å². The molecule has 0 spiro atoms. The van der Waals surface area contributed by atoms with Gasteiger partial charge in [-0.05, 0) is 36.5 Å². The molecule has 0 atom stereocenters.